The number of fused-ring (bicyclic) bond motifs is 1. The van der Waals surface area contributed by atoms with E-state index in [2.05, 4.69) is 6.07 Å². The van der Waals surface area contributed by atoms with Crippen LogP contribution in [0.2, 0.25) is 0 Å². The average Bonchev–Trinajstić information content (AvgIpc) is 2.49. The molecule has 1 aromatic heterocycles. The fourth-order valence-electron chi connectivity index (χ4n) is 2.53. The van der Waals surface area contributed by atoms with Crippen molar-refractivity contribution >= 4 is 11.8 Å². The highest BCUT2D eigenvalue weighted by atomic mass is 32.2. The minimum atomic E-state index is -0.208. The van der Waals surface area contributed by atoms with Crippen LogP contribution < -0.4 is 5.73 Å². The van der Waals surface area contributed by atoms with E-state index in [1.54, 1.807) is 12.1 Å². The van der Waals surface area contributed by atoms with Crippen molar-refractivity contribution in [3.8, 4) is 0 Å². The number of nitrogens with zero attached hydrogens (tertiary/aromatic N) is 1. The summed E-state index contributed by atoms with van der Waals surface area (Å²) in [6.07, 6.45) is 4.51. The van der Waals surface area contributed by atoms with E-state index in [0.29, 0.717) is 11.4 Å². The van der Waals surface area contributed by atoms with Gasteiger partial charge in [-0.25, -0.2) is 9.37 Å². The third kappa shape index (κ3) is 2.72. The number of rotatable bonds is 3. The molecule has 1 aliphatic rings. The monoisotopic (exact) mass is 288 g/mol. The highest BCUT2D eigenvalue weighted by Crippen LogP contribution is 2.33. The number of aromatic nitrogens is 1. The summed E-state index contributed by atoms with van der Waals surface area (Å²) < 4.78 is 13.8. The molecule has 0 radical (unpaired) electrons. The van der Waals surface area contributed by atoms with Gasteiger partial charge in [-0.3, -0.25) is 0 Å². The van der Waals surface area contributed by atoms with E-state index in [4.69, 9.17) is 10.7 Å². The third-order valence-corrected chi connectivity index (χ3v) is 4.70. The Kier molecular flexibility index (Phi) is 4.03. The Morgan fingerprint density at radius 1 is 1.20 bits per heavy atom. The predicted octanol–water partition coefficient (Wildman–Crippen LogP) is 3.71. The largest absolute Gasteiger partial charge is 0.326 e. The van der Waals surface area contributed by atoms with Crippen LogP contribution in [-0.4, -0.2) is 4.98 Å². The Labute approximate surface area is 122 Å². The fraction of sp³-hybridized carbons (Fsp3) is 0.312. The zero-order chi connectivity index (χ0) is 13.9. The molecule has 0 spiro atoms. The second-order valence-electron chi connectivity index (χ2n) is 5.00. The summed E-state index contributed by atoms with van der Waals surface area (Å²) in [4.78, 5) is 5.34. The summed E-state index contributed by atoms with van der Waals surface area (Å²) in [5, 5.41) is 0.846. The first-order valence-electron chi connectivity index (χ1n) is 6.92. The van der Waals surface area contributed by atoms with Gasteiger partial charge in [0.05, 0.1) is 0 Å². The van der Waals surface area contributed by atoms with Crippen molar-refractivity contribution in [3.63, 3.8) is 0 Å². The standard InChI is InChI=1S/C16H17FN2S/c17-13-6-2-4-8-15(13)20-16-12(10-18)9-11-5-1-3-7-14(11)19-16/h2,4,6,8-9H,1,3,5,7,10,18H2. The molecule has 0 aliphatic heterocycles. The van der Waals surface area contributed by atoms with Gasteiger partial charge in [0.2, 0.25) is 0 Å². The maximum Gasteiger partial charge on any atom is 0.137 e. The lowest BCUT2D eigenvalue weighted by molar-refractivity contribution is 0.601. The van der Waals surface area contributed by atoms with Gasteiger partial charge in [-0.2, -0.15) is 0 Å². The second-order valence-corrected chi connectivity index (χ2v) is 6.03. The van der Waals surface area contributed by atoms with Crippen LogP contribution in [0.5, 0.6) is 0 Å². The van der Waals surface area contributed by atoms with E-state index in [-0.39, 0.29) is 5.82 Å². The lowest BCUT2D eigenvalue weighted by Gasteiger charge is -2.18. The molecule has 0 bridgehead atoms. The first-order valence-corrected chi connectivity index (χ1v) is 7.73. The van der Waals surface area contributed by atoms with E-state index in [1.807, 2.05) is 6.07 Å². The molecule has 2 aromatic rings. The van der Waals surface area contributed by atoms with E-state index in [1.165, 1.54) is 36.2 Å². The highest BCUT2D eigenvalue weighted by molar-refractivity contribution is 7.99. The fourth-order valence-corrected chi connectivity index (χ4v) is 3.48. The van der Waals surface area contributed by atoms with E-state index in [0.717, 1.165) is 29.1 Å². The first kappa shape index (κ1) is 13.6. The van der Waals surface area contributed by atoms with Crippen LogP contribution in [0.25, 0.3) is 0 Å². The van der Waals surface area contributed by atoms with Crippen molar-refractivity contribution in [2.45, 2.75) is 42.1 Å². The maximum atomic E-state index is 13.8. The van der Waals surface area contributed by atoms with Gasteiger partial charge in [-0.15, -0.1) is 0 Å². The van der Waals surface area contributed by atoms with Gasteiger partial charge in [0.1, 0.15) is 10.8 Å². The molecule has 1 heterocycles. The Balaban J connectivity index is 1.98. The molecule has 0 unspecified atom stereocenters. The topological polar surface area (TPSA) is 38.9 Å². The smallest absolute Gasteiger partial charge is 0.137 e. The predicted molar refractivity (Wildman–Crippen MR) is 79.3 cm³/mol. The van der Waals surface area contributed by atoms with Crippen LogP contribution in [0.1, 0.15) is 29.7 Å². The number of hydrogen-bond donors (Lipinski definition) is 1. The normalized spacial score (nSPS) is 14.1. The van der Waals surface area contributed by atoms with Crippen LogP contribution in [0, 0.1) is 5.82 Å². The van der Waals surface area contributed by atoms with Gasteiger partial charge >= 0.3 is 0 Å². The molecule has 1 aliphatic carbocycles. The van der Waals surface area contributed by atoms with E-state index in [9.17, 15) is 4.39 Å². The molecule has 0 fully saturated rings. The van der Waals surface area contributed by atoms with Crippen LogP contribution in [0.15, 0.2) is 40.3 Å². The zero-order valence-electron chi connectivity index (χ0n) is 11.2. The summed E-state index contributed by atoms with van der Waals surface area (Å²) in [5.74, 6) is -0.208. The minimum absolute atomic E-state index is 0.208. The summed E-state index contributed by atoms with van der Waals surface area (Å²) >= 11 is 1.37. The molecule has 20 heavy (non-hydrogen) atoms. The molecule has 0 saturated carbocycles. The highest BCUT2D eigenvalue weighted by Gasteiger charge is 2.16. The van der Waals surface area contributed by atoms with Crippen molar-refractivity contribution in [3.05, 3.63) is 53.0 Å². The number of nitrogens with two attached hydrogens (primary N) is 1. The molecule has 0 atom stereocenters. The number of benzene rings is 1. The van der Waals surface area contributed by atoms with Crippen LogP contribution >= 0.6 is 11.8 Å². The number of hydrogen-bond acceptors (Lipinski definition) is 3. The lowest BCUT2D eigenvalue weighted by Crippen LogP contribution is -2.10. The molecule has 4 heteroatoms. The van der Waals surface area contributed by atoms with E-state index < -0.39 is 0 Å². The quantitative estimate of drug-likeness (QED) is 0.935. The first-order chi connectivity index (χ1) is 9.78. The van der Waals surface area contributed by atoms with Gasteiger partial charge in [-0.1, -0.05) is 30.0 Å². The Hall–Kier alpha value is -1.39. The van der Waals surface area contributed by atoms with Crippen LogP contribution in [-0.2, 0) is 19.4 Å². The molecule has 0 amide bonds. The van der Waals surface area contributed by atoms with Gasteiger partial charge in [0.15, 0.2) is 0 Å². The molecule has 1 aromatic carbocycles. The van der Waals surface area contributed by atoms with Gasteiger partial charge < -0.3 is 5.73 Å². The van der Waals surface area contributed by atoms with Crippen LogP contribution in [0.3, 0.4) is 0 Å². The van der Waals surface area contributed by atoms with Crippen molar-refractivity contribution in [1.82, 2.24) is 4.98 Å². The number of aryl methyl sites for hydroxylation is 2. The third-order valence-electron chi connectivity index (χ3n) is 3.60. The number of halogens is 1. The average molecular weight is 288 g/mol. The SMILES string of the molecule is NCc1cc2c(nc1Sc1ccccc1F)CCCC2. The second kappa shape index (κ2) is 5.94. The Morgan fingerprint density at radius 2 is 2.00 bits per heavy atom. The summed E-state index contributed by atoms with van der Waals surface area (Å²) in [5.41, 5.74) is 9.32. The molecule has 2 N–H and O–H groups in total. The molecule has 0 saturated heterocycles. The zero-order valence-corrected chi connectivity index (χ0v) is 12.0. The van der Waals surface area contributed by atoms with Gasteiger partial charge in [0, 0.05) is 17.1 Å². The van der Waals surface area contributed by atoms with Crippen molar-refractivity contribution < 1.29 is 4.39 Å². The number of pyridine rings is 1. The van der Waals surface area contributed by atoms with Crippen molar-refractivity contribution in [1.29, 1.82) is 0 Å². The van der Waals surface area contributed by atoms with Crippen molar-refractivity contribution in [2.75, 3.05) is 0 Å². The van der Waals surface area contributed by atoms with Gasteiger partial charge in [0.25, 0.3) is 0 Å². The van der Waals surface area contributed by atoms with Crippen LogP contribution in [0.4, 0.5) is 4.39 Å². The van der Waals surface area contributed by atoms with E-state index >= 15 is 0 Å². The molecular formula is C16H17FN2S. The van der Waals surface area contributed by atoms with Crippen molar-refractivity contribution in [2.24, 2.45) is 5.73 Å². The Bertz CT molecular complexity index is 628. The lowest BCUT2D eigenvalue weighted by atomic mass is 9.95. The molecule has 104 valence electrons. The molecule has 2 nitrogen and oxygen atoms in total. The summed E-state index contributed by atoms with van der Waals surface area (Å²) in [6, 6.07) is 8.95. The summed E-state index contributed by atoms with van der Waals surface area (Å²) in [6.45, 7) is 0.442. The molecular weight excluding hydrogens is 271 g/mol. The summed E-state index contributed by atoms with van der Waals surface area (Å²) in [7, 11) is 0. The minimum Gasteiger partial charge on any atom is -0.326 e. The molecule has 3 rings (SSSR count). The van der Waals surface area contributed by atoms with Gasteiger partial charge in [-0.05, 0) is 48.9 Å². The maximum absolute atomic E-state index is 13.8. The Morgan fingerprint density at radius 3 is 2.80 bits per heavy atom.